The van der Waals surface area contributed by atoms with E-state index in [4.69, 9.17) is 21.6 Å². The van der Waals surface area contributed by atoms with E-state index in [0.29, 0.717) is 5.82 Å². The molecule has 0 fully saturated rings. The van der Waals surface area contributed by atoms with Crippen molar-refractivity contribution >= 4 is 44.7 Å². The number of benzene rings is 1. The highest BCUT2D eigenvalue weighted by molar-refractivity contribution is 7.18. The van der Waals surface area contributed by atoms with Crippen molar-refractivity contribution in [2.45, 2.75) is 20.3 Å². The molecule has 130 valence electrons. The SMILES string of the molecule is CCc1cc2c(Nc3ccc(Cl)cc3C)nc(-c3cccnc3)nc2s1. The molecule has 0 saturated heterocycles. The van der Waals surface area contributed by atoms with Crippen molar-refractivity contribution in [1.82, 2.24) is 15.0 Å². The molecule has 4 aromatic rings. The quantitative estimate of drug-likeness (QED) is 0.470. The fourth-order valence-corrected chi connectivity index (χ4v) is 3.95. The Morgan fingerprint density at radius 1 is 1.15 bits per heavy atom. The standard InChI is InChI=1S/C20H17ClN4S/c1-3-15-10-16-19(23-17-7-6-14(21)9-12(17)2)24-18(25-20(16)26-15)13-5-4-8-22-11-13/h4-11H,3H2,1-2H3,(H,23,24,25). The Balaban J connectivity index is 1.87. The van der Waals surface area contributed by atoms with Crippen LogP contribution in [0.2, 0.25) is 5.02 Å². The van der Waals surface area contributed by atoms with Gasteiger partial charge in [-0.3, -0.25) is 4.98 Å². The Morgan fingerprint density at radius 2 is 2.04 bits per heavy atom. The first-order chi connectivity index (χ1) is 12.6. The number of rotatable bonds is 4. The third-order valence-corrected chi connectivity index (χ3v) is 5.56. The van der Waals surface area contributed by atoms with Gasteiger partial charge in [0.2, 0.25) is 0 Å². The molecular weight excluding hydrogens is 364 g/mol. The van der Waals surface area contributed by atoms with Crippen LogP contribution in [0, 0.1) is 6.92 Å². The third-order valence-electron chi connectivity index (χ3n) is 4.15. The minimum atomic E-state index is 0.671. The number of halogens is 1. The van der Waals surface area contributed by atoms with Gasteiger partial charge in [-0.15, -0.1) is 11.3 Å². The van der Waals surface area contributed by atoms with Crippen molar-refractivity contribution < 1.29 is 0 Å². The average molecular weight is 381 g/mol. The van der Waals surface area contributed by atoms with Crippen LogP contribution in [0.3, 0.4) is 0 Å². The first-order valence-corrected chi connectivity index (χ1v) is 9.57. The molecule has 3 aromatic heterocycles. The van der Waals surface area contributed by atoms with Crippen LogP contribution in [0.1, 0.15) is 17.4 Å². The van der Waals surface area contributed by atoms with Crippen molar-refractivity contribution in [3.8, 4) is 11.4 Å². The lowest BCUT2D eigenvalue weighted by molar-refractivity contribution is 1.19. The fraction of sp³-hybridized carbons (Fsp3) is 0.150. The maximum atomic E-state index is 6.08. The molecule has 0 aliphatic carbocycles. The molecule has 0 amide bonds. The monoisotopic (exact) mass is 380 g/mol. The highest BCUT2D eigenvalue weighted by Gasteiger charge is 2.14. The van der Waals surface area contributed by atoms with Crippen LogP contribution in [0.15, 0.2) is 48.8 Å². The van der Waals surface area contributed by atoms with Crippen LogP contribution in [-0.4, -0.2) is 15.0 Å². The van der Waals surface area contributed by atoms with E-state index in [2.05, 4.69) is 23.3 Å². The fourth-order valence-electron chi connectivity index (χ4n) is 2.76. The van der Waals surface area contributed by atoms with Crippen LogP contribution in [0.5, 0.6) is 0 Å². The number of anilines is 2. The molecule has 0 aliphatic heterocycles. The van der Waals surface area contributed by atoms with Gasteiger partial charge >= 0.3 is 0 Å². The topological polar surface area (TPSA) is 50.7 Å². The molecule has 0 radical (unpaired) electrons. The van der Waals surface area contributed by atoms with E-state index in [1.807, 2.05) is 37.3 Å². The molecule has 6 heteroatoms. The molecule has 0 saturated carbocycles. The molecule has 26 heavy (non-hydrogen) atoms. The van der Waals surface area contributed by atoms with Gasteiger partial charge in [0, 0.05) is 33.5 Å². The summed E-state index contributed by atoms with van der Waals surface area (Å²) < 4.78 is 0. The molecule has 4 nitrogen and oxygen atoms in total. The smallest absolute Gasteiger partial charge is 0.164 e. The Labute approximate surface area is 160 Å². The zero-order valence-electron chi connectivity index (χ0n) is 14.5. The number of hydrogen-bond donors (Lipinski definition) is 1. The maximum absolute atomic E-state index is 6.08. The normalized spacial score (nSPS) is 11.0. The highest BCUT2D eigenvalue weighted by Crippen LogP contribution is 2.34. The van der Waals surface area contributed by atoms with E-state index < -0.39 is 0 Å². The lowest BCUT2D eigenvalue weighted by Gasteiger charge is -2.11. The zero-order valence-corrected chi connectivity index (χ0v) is 16.0. The van der Waals surface area contributed by atoms with E-state index >= 15 is 0 Å². The molecular formula is C20H17ClN4S. The summed E-state index contributed by atoms with van der Waals surface area (Å²) >= 11 is 7.79. The summed E-state index contributed by atoms with van der Waals surface area (Å²) in [5.74, 6) is 1.47. The van der Waals surface area contributed by atoms with Gasteiger partial charge in [-0.05, 0) is 55.3 Å². The lowest BCUT2D eigenvalue weighted by atomic mass is 10.2. The first kappa shape index (κ1) is 16.9. The van der Waals surface area contributed by atoms with Gasteiger partial charge in [0.05, 0.1) is 5.39 Å². The molecule has 0 aliphatic rings. The summed E-state index contributed by atoms with van der Waals surface area (Å²) in [6, 6.07) is 11.8. The summed E-state index contributed by atoms with van der Waals surface area (Å²) in [7, 11) is 0. The summed E-state index contributed by atoms with van der Waals surface area (Å²) in [6.07, 6.45) is 4.51. The highest BCUT2D eigenvalue weighted by atomic mass is 35.5. The number of aromatic nitrogens is 3. The number of hydrogen-bond acceptors (Lipinski definition) is 5. The minimum absolute atomic E-state index is 0.671. The van der Waals surface area contributed by atoms with E-state index in [1.54, 1.807) is 23.7 Å². The Kier molecular flexibility index (Phi) is 4.57. The summed E-state index contributed by atoms with van der Waals surface area (Å²) in [6.45, 7) is 4.18. The van der Waals surface area contributed by atoms with Crippen molar-refractivity contribution in [3.05, 3.63) is 64.3 Å². The van der Waals surface area contributed by atoms with E-state index in [1.165, 1.54) is 4.88 Å². The van der Waals surface area contributed by atoms with Gasteiger partial charge in [-0.25, -0.2) is 9.97 Å². The predicted octanol–water partition coefficient (Wildman–Crippen LogP) is 6.02. The minimum Gasteiger partial charge on any atom is -0.339 e. The molecule has 1 aromatic carbocycles. The van der Waals surface area contributed by atoms with Crippen LogP contribution in [0.25, 0.3) is 21.6 Å². The largest absolute Gasteiger partial charge is 0.339 e. The van der Waals surface area contributed by atoms with E-state index in [-0.39, 0.29) is 0 Å². The van der Waals surface area contributed by atoms with Gasteiger partial charge in [-0.1, -0.05) is 18.5 Å². The molecule has 0 spiro atoms. The Morgan fingerprint density at radius 3 is 2.77 bits per heavy atom. The summed E-state index contributed by atoms with van der Waals surface area (Å²) in [5, 5.41) is 5.23. The molecule has 4 rings (SSSR count). The third kappa shape index (κ3) is 3.28. The van der Waals surface area contributed by atoms with Crippen molar-refractivity contribution in [2.75, 3.05) is 5.32 Å². The van der Waals surface area contributed by atoms with Crippen molar-refractivity contribution in [2.24, 2.45) is 0 Å². The number of nitrogens with zero attached hydrogens (tertiary/aromatic N) is 3. The van der Waals surface area contributed by atoms with Gasteiger partial charge < -0.3 is 5.32 Å². The van der Waals surface area contributed by atoms with Crippen LogP contribution < -0.4 is 5.32 Å². The van der Waals surface area contributed by atoms with Gasteiger partial charge in [-0.2, -0.15) is 0 Å². The number of thiophene rings is 1. The summed E-state index contributed by atoms with van der Waals surface area (Å²) in [4.78, 5) is 16.0. The first-order valence-electron chi connectivity index (χ1n) is 8.38. The van der Waals surface area contributed by atoms with Gasteiger partial charge in [0.25, 0.3) is 0 Å². The molecule has 0 bridgehead atoms. The van der Waals surface area contributed by atoms with E-state index in [9.17, 15) is 0 Å². The van der Waals surface area contributed by atoms with Crippen molar-refractivity contribution in [1.29, 1.82) is 0 Å². The Hall–Kier alpha value is -2.50. The predicted molar refractivity (Wildman–Crippen MR) is 109 cm³/mol. The zero-order chi connectivity index (χ0) is 18.1. The van der Waals surface area contributed by atoms with Gasteiger partial charge in [0.15, 0.2) is 5.82 Å². The number of aryl methyl sites for hydroxylation is 2. The maximum Gasteiger partial charge on any atom is 0.164 e. The van der Waals surface area contributed by atoms with Crippen LogP contribution in [0.4, 0.5) is 11.5 Å². The van der Waals surface area contributed by atoms with Crippen molar-refractivity contribution in [3.63, 3.8) is 0 Å². The molecule has 3 heterocycles. The van der Waals surface area contributed by atoms with E-state index in [0.717, 1.165) is 44.3 Å². The second-order valence-corrected chi connectivity index (χ2v) is 7.56. The summed E-state index contributed by atoms with van der Waals surface area (Å²) in [5.41, 5.74) is 2.95. The lowest BCUT2D eigenvalue weighted by Crippen LogP contribution is -1.99. The van der Waals surface area contributed by atoms with Crippen LogP contribution >= 0.6 is 22.9 Å². The average Bonchev–Trinajstić information content (AvgIpc) is 3.08. The molecule has 1 N–H and O–H groups in total. The second-order valence-electron chi connectivity index (χ2n) is 6.01. The number of nitrogens with one attached hydrogen (secondary N) is 1. The van der Waals surface area contributed by atoms with Gasteiger partial charge in [0.1, 0.15) is 10.6 Å². The number of pyridine rings is 1. The molecule has 0 atom stereocenters. The van der Waals surface area contributed by atoms with Crippen LogP contribution in [-0.2, 0) is 6.42 Å². The number of fused-ring (bicyclic) bond motifs is 1. The Bertz CT molecular complexity index is 1080. The molecule has 0 unspecified atom stereocenters. The second kappa shape index (κ2) is 7.02.